The van der Waals surface area contributed by atoms with E-state index in [1.165, 1.54) is 0 Å². The number of amides is 1. The number of ether oxygens (including phenoxy) is 1. The fourth-order valence-corrected chi connectivity index (χ4v) is 2.59. The van der Waals surface area contributed by atoms with Crippen molar-refractivity contribution in [3.8, 4) is 5.75 Å². The second-order valence-corrected chi connectivity index (χ2v) is 6.06. The van der Waals surface area contributed by atoms with Crippen LogP contribution >= 0.6 is 11.6 Å². The van der Waals surface area contributed by atoms with Crippen LogP contribution in [-0.2, 0) is 4.79 Å². The van der Waals surface area contributed by atoms with Crippen LogP contribution in [0.1, 0.15) is 11.1 Å². The molecule has 1 heterocycles. The van der Waals surface area contributed by atoms with Crippen LogP contribution in [0.3, 0.4) is 0 Å². The molecule has 24 heavy (non-hydrogen) atoms. The third-order valence-corrected chi connectivity index (χ3v) is 3.92. The minimum atomic E-state index is -0.224. The van der Waals surface area contributed by atoms with E-state index in [0.29, 0.717) is 10.7 Å². The van der Waals surface area contributed by atoms with Gasteiger partial charge in [-0.2, -0.15) is 0 Å². The standard InChI is InChI=1S/C19H17ClN2O2/c1-12-3-4-13(2)18(9-12)24-11-19(23)22-16-7-8-21-17-10-14(20)5-6-15(16)17/h3-10H,11H2,1-2H3,(H,21,22,23). The van der Waals surface area contributed by atoms with Gasteiger partial charge in [0.2, 0.25) is 0 Å². The summed E-state index contributed by atoms with van der Waals surface area (Å²) in [7, 11) is 0. The summed E-state index contributed by atoms with van der Waals surface area (Å²) < 4.78 is 5.63. The normalized spacial score (nSPS) is 10.6. The number of fused-ring (bicyclic) bond motifs is 1. The number of hydrogen-bond donors (Lipinski definition) is 1. The highest BCUT2D eigenvalue weighted by molar-refractivity contribution is 6.31. The van der Waals surface area contributed by atoms with E-state index in [1.54, 1.807) is 24.4 Å². The van der Waals surface area contributed by atoms with E-state index in [0.717, 1.165) is 27.8 Å². The lowest BCUT2D eigenvalue weighted by molar-refractivity contribution is -0.118. The number of carbonyl (C=O) groups excluding carboxylic acids is 1. The number of carbonyl (C=O) groups is 1. The molecule has 0 saturated heterocycles. The minimum absolute atomic E-state index is 0.0539. The second kappa shape index (κ2) is 6.89. The maximum absolute atomic E-state index is 12.2. The minimum Gasteiger partial charge on any atom is -0.483 e. The second-order valence-electron chi connectivity index (χ2n) is 5.63. The summed E-state index contributed by atoms with van der Waals surface area (Å²) in [6.45, 7) is 3.88. The third-order valence-electron chi connectivity index (χ3n) is 3.68. The zero-order chi connectivity index (χ0) is 17.1. The molecule has 0 fully saturated rings. The van der Waals surface area contributed by atoms with Crippen LogP contribution in [0.2, 0.25) is 5.02 Å². The Bertz CT molecular complexity index is 909. The number of rotatable bonds is 4. The lowest BCUT2D eigenvalue weighted by Crippen LogP contribution is -2.20. The van der Waals surface area contributed by atoms with Gasteiger partial charge in [0, 0.05) is 16.6 Å². The Kier molecular flexibility index (Phi) is 4.67. The third kappa shape index (κ3) is 3.66. The molecular weight excluding hydrogens is 324 g/mol. The molecule has 0 aliphatic rings. The quantitative estimate of drug-likeness (QED) is 0.759. The Morgan fingerprint density at radius 1 is 1.17 bits per heavy atom. The monoisotopic (exact) mass is 340 g/mol. The van der Waals surface area contributed by atoms with Crippen molar-refractivity contribution in [3.05, 3.63) is 64.8 Å². The van der Waals surface area contributed by atoms with Crippen molar-refractivity contribution < 1.29 is 9.53 Å². The molecule has 0 aliphatic heterocycles. The van der Waals surface area contributed by atoms with Gasteiger partial charge in [-0.15, -0.1) is 0 Å². The van der Waals surface area contributed by atoms with E-state index >= 15 is 0 Å². The van der Waals surface area contributed by atoms with Gasteiger partial charge in [0.05, 0.1) is 11.2 Å². The molecule has 0 atom stereocenters. The lowest BCUT2D eigenvalue weighted by Gasteiger charge is -2.11. The first-order valence-electron chi connectivity index (χ1n) is 7.57. The first-order valence-corrected chi connectivity index (χ1v) is 7.95. The lowest BCUT2D eigenvalue weighted by atomic mass is 10.1. The molecule has 0 spiro atoms. The van der Waals surface area contributed by atoms with E-state index in [2.05, 4.69) is 10.3 Å². The molecule has 0 radical (unpaired) electrons. The fourth-order valence-electron chi connectivity index (χ4n) is 2.42. The molecule has 1 N–H and O–H groups in total. The van der Waals surface area contributed by atoms with Crippen molar-refractivity contribution >= 4 is 34.1 Å². The molecule has 1 aromatic heterocycles. The first kappa shape index (κ1) is 16.3. The molecule has 0 aliphatic carbocycles. The summed E-state index contributed by atoms with van der Waals surface area (Å²) in [5.41, 5.74) is 3.51. The highest BCUT2D eigenvalue weighted by atomic mass is 35.5. The molecular formula is C19H17ClN2O2. The molecule has 3 aromatic rings. The molecule has 2 aromatic carbocycles. The van der Waals surface area contributed by atoms with Gasteiger partial charge in [0.1, 0.15) is 5.75 Å². The van der Waals surface area contributed by atoms with Gasteiger partial charge in [-0.05, 0) is 55.3 Å². The van der Waals surface area contributed by atoms with Gasteiger partial charge in [-0.1, -0.05) is 23.7 Å². The maximum atomic E-state index is 12.2. The van der Waals surface area contributed by atoms with Gasteiger partial charge in [0.15, 0.2) is 6.61 Å². The predicted octanol–water partition coefficient (Wildman–Crippen LogP) is 4.52. The Hall–Kier alpha value is -2.59. The number of aryl methyl sites for hydroxylation is 2. The topological polar surface area (TPSA) is 51.2 Å². The molecule has 122 valence electrons. The van der Waals surface area contributed by atoms with Crippen molar-refractivity contribution in [1.29, 1.82) is 0 Å². The average Bonchev–Trinajstić information content (AvgIpc) is 2.55. The summed E-state index contributed by atoms with van der Waals surface area (Å²) in [4.78, 5) is 16.5. The molecule has 0 bridgehead atoms. The number of hydrogen-bond acceptors (Lipinski definition) is 3. The SMILES string of the molecule is Cc1ccc(C)c(OCC(=O)Nc2ccnc3cc(Cl)ccc23)c1. The van der Waals surface area contributed by atoms with E-state index < -0.39 is 0 Å². The van der Waals surface area contributed by atoms with Crippen molar-refractivity contribution in [1.82, 2.24) is 4.98 Å². The maximum Gasteiger partial charge on any atom is 0.262 e. The van der Waals surface area contributed by atoms with Crippen molar-refractivity contribution in [2.75, 3.05) is 11.9 Å². The van der Waals surface area contributed by atoms with Crippen LogP contribution in [-0.4, -0.2) is 17.5 Å². The highest BCUT2D eigenvalue weighted by Crippen LogP contribution is 2.24. The molecule has 0 saturated carbocycles. The molecule has 1 amide bonds. The molecule has 4 nitrogen and oxygen atoms in total. The van der Waals surface area contributed by atoms with Crippen LogP contribution < -0.4 is 10.1 Å². The van der Waals surface area contributed by atoms with Gasteiger partial charge in [0.25, 0.3) is 5.91 Å². The van der Waals surface area contributed by atoms with Crippen molar-refractivity contribution in [2.45, 2.75) is 13.8 Å². The zero-order valence-corrected chi connectivity index (χ0v) is 14.2. The number of nitrogens with zero attached hydrogens (tertiary/aromatic N) is 1. The van der Waals surface area contributed by atoms with Crippen LogP contribution in [0.4, 0.5) is 5.69 Å². The van der Waals surface area contributed by atoms with E-state index in [-0.39, 0.29) is 12.5 Å². The largest absolute Gasteiger partial charge is 0.483 e. The molecule has 5 heteroatoms. The number of halogens is 1. The predicted molar refractivity (Wildman–Crippen MR) is 96.8 cm³/mol. The number of benzene rings is 2. The Labute approximate surface area is 145 Å². The summed E-state index contributed by atoms with van der Waals surface area (Å²) in [5, 5.41) is 4.30. The number of nitrogens with one attached hydrogen (secondary N) is 1. The van der Waals surface area contributed by atoms with Crippen molar-refractivity contribution in [3.63, 3.8) is 0 Å². The van der Waals surface area contributed by atoms with Crippen LogP contribution in [0.15, 0.2) is 48.7 Å². The van der Waals surface area contributed by atoms with Gasteiger partial charge in [-0.3, -0.25) is 9.78 Å². The highest BCUT2D eigenvalue weighted by Gasteiger charge is 2.09. The Morgan fingerprint density at radius 2 is 2.00 bits per heavy atom. The summed E-state index contributed by atoms with van der Waals surface area (Å²) in [6, 6.07) is 13.0. The fraction of sp³-hybridized carbons (Fsp3) is 0.158. The van der Waals surface area contributed by atoms with Crippen LogP contribution in [0, 0.1) is 13.8 Å². The number of anilines is 1. The van der Waals surface area contributed by atoms with E-state index in [1.807, 2.05) is 38.1 Å². The van der Waals surface area contributed by atoms with Crippen LogP contribution in [0.25, 0.3) is 10.9 Å². The van der Waals surface area contributed by atoms with Gasteiger partial charge < -0.3 is 10.1 Å². The average molecular weight is 341 g/mol. The van der Waals surface area contributed by atoms with Crippen LogP contribution in [0.5, 0.6) is 5.75 Å². The van der Waals surface area contributed by atoms with Crippen molar-refractivity contribution in [2.24, 2.45) is 0 Å². The van der Waals surface area contributed by atoms with E-state index in [4.69, 9.17) is 16.3 Å². The summed E-state index contributed by atoms with van der Waals surface area (Å²) >= 11 is 5.97. The number of aromatic nitrogens is 1. The Balaban J connectivity index is 1.72. The zero-order valence-electron chi connectivity index (χ0n) is 13.5. The molecule has 3 rings (SSSR count). The summed E-state index contributed by atoms with van der Waals surface area (Å²) in [6.07, 6.45) is 1.64. The summed E-state index contributed by atoms with van der Waals surface area (Å²) in [5.74, 6) is 0.495. The molecule has 0 unspecified atom stereocenters. The van der Waals surface area contributed by atoms with E-state index in [9.17, 15) is 4.79 Å². The Morgan fingerprint density at radius 3 is 2.83 bits per heavy atom. The van der Waals surface area contributed by atoms with Gasteiger partial charge >= 0.3 is 0 Å². The van der Waals surface area contributed by atoms with Gasteiger partial charge in [-0.25, -0.2) is 0 Å². The smallest absolute Gasteiger partial charge is 0.262 e. The first-order chi connectivity index (χ1) is 11.5. The number of pyridine rings is 1.